The molecule has 1 aromatic carbocycles. The van der Waals surface area contributed by atoms with Gasteiger partial charge >= 0.3 is 0 Å². The van der Waals surface area contributed by atoms with E-state index in [1.165, 1.54) is 5.56 Å². The molecule has 1 rings (SSSR count). The van der Waals surface area contributed by atoms with Gasteiger partial charge in [-0.05, 0) is 16.7 Å². The van der Waals surface area contributed by atoms with Crippen molar-refractivity contribution in [1.82, 2.24) is 4.90 Å². The smallest absolute Gasteiger partial charge is 0.0233 e. The summed E-state index contributed by atoms with van der Waals surface area (Å²) in [5.74, 6) is 0. The van der Waals surface area contributed by atoms with Gasteiger partial charge < -0.3 is 0 Å². The highest BCUT2D eigenvalue weighted by Gasteiger charge is 1.95. The van der Waals surface area contributed by atoms with Crippen molar-refractivity contribution in [2.75, 3.05) is 13.6 Å². The van der Waals surface area contributed by atoms with Gasteiger partial charge in [-0.25, -0.2) is 0 Å². The zero-order valence-electron chi connectivity index (χ0n) is 7.78. The summed E-state index contributed by atoms with van der Waals surface area (Å²) in [6.45, 7) is 2.03. The Hall–Kier alpha value is -0.350. The fourth-order valence-electron chi connectivity index (χ4n) is 1.18. The standard InChI is InChI=1S/C11H14IN/c1-13(9-5-8-12)10-11-6-3-2-4-7-11/h2-8H,9-10H2,1H3/b8-5+. The van der Waals surface area contributed by atoms with Crippen LogP contribution in [0.25, 0.3) is 0 Å². The Morgan fingerprint density at radius 2 is 2.00 bits per heavy atom. The predicted octanol–water partition coefficient (Wildman–Crippen LogP) is 3.07. The SMILES string of the molecule is CN(C/C=C/I)Cc1ccccc1. The number of likely N-dealkylation sites (N-methyl/N-ethyl adjacent to an activating group) is 1. The molecule has 0 aliphatic heterocycles. The summed E-state index contributed by atoms with van der Waals surface area (Å²) in [5, 5.41) is 0. The summed E-state index contributed by atoms with van der Waals surface area (Å²) in [5.41, 5.74) is 1.37. The van der Waals surface area contributed by atoms with Crippen LogP contribution in [0.3, 0.4) is 0 Å². The van der Waals surface area contributed by atoms with Crippen molar-refractivity contribution in [2.45, 2.75) is 6.54 Å². The Kier molecular flexibility index (Phi) is 5.08. The third-order valence-electron chi connectivity index (χ3n) is 1.80. The van der Waals surface area contributed by atoms with Crippen LogP contribution in [0, 0.1) is 0 Å². The minimum atomic E-state index is 1.01. The lowest BCUT2D eigenvalue weighted by atomic mass is 10.2. The molecule has 70 valence electrons. The molecule has 0 heterocycles. The molecule has 0 radical (unpaired) electrons. The Bertz CT molecular complexity index is 256. The maximum absolute atomic E-state index is 2.28. The van der Waals surface area contributed by atoms with Gasteiger partial charge in [0.15, 0.2) is 0 Å². The monoisotopic (exact) mass is 287 g/mol. The number of benzene rings is 1. The van der Waals surface area contributed by atoms with Crippen LogP contribution >= 0.6 is 22.6 Å². The molecule has 0 saturated carbocycles. The molecule has 0 aliphatic carbocycles. The fraction of sp³-hybridized carbons (Fsp3) is 0.273. The molecule has 0 saturated heterocycles. The zero-order chi connectivity index (χ0) is 9.52. The molecule has 0 atom stereocenters. The molecule has 0 unspecified atom stereocenters. The van der Waals surface area contributed by atoms with E-state index >= 15 is 0 Å². The predicted molar refractivity (Wildman–Crippen MR) is 65.9 cm³/mol. The summed E-state index contributed by atoms with van der Waals surface area (Å²) in [6.07, 6.45) is 2.16. The first kappa shape index (κ1) is 10.7. The van der Waals surface area contributed by atoms with E-state index in [1.54, 1.807) is 0 Å². The molecule has 1 nitrogen and oxygen atoms in total. The fourth-order valence-corrected chi connectivity index (χ4v) is 1.41. The van der Waals surface area contributed by atoms with Crippen LogP contribution in [0.2, 0.25) is 0 Å². The average molecular weight is 287 g/mol. The second-order valence-corrected chi connectivity index (χ2v) is 3.76. The quantitative estimate of drug-likeness (QED) is 0.769. The Balaban J connectivity index is 2.40. The summed E-state index contributed by atoms with van der Waals surface area (Å²) < 4.78 is 2.05. The molecule has 2 heteroatoms. The first-order chi connectivity index (χ1) is 6.33. The topological polar surface area (TPSA) is 3.24 Å². The number of rotatable bonds is 4. The van der Waals surface area contributed by atoms with Crippen molar-refractivity contribution < 1.29 is 0 Å². The highest BCUT2D eigenvalue weighted by Crippen LogP contribution is 2.02. The maximum Gasteiger partial charge on any atom is 0.0233 e. The summed E-state index contributed by atoms with van der Waals surface area (Å²) in [6, 6.07) is 10.5. The third-order valence-corrected chi connectivity index (χ3v) is 2.31. The van der Waals surface area contributed by atoms with Crippen LogP contribution in [0.15, 0.2) is 40.5 Å². The number of hydrogen-bond donors (Lipinski definition) is 0. The minimum absolute atomic E-state index is 1.01. The van der Waals surface area contributed by atoms with E-state index in [0.29, 0.717) is 0 Å². The summed E-state index contributed by atoms with van der Waals surface area (Å²) in [4.78, 5) is 2.28. The van der Waals surface area contributed by atoms with Gasteiger partial charge in [0.25, 0.3) is 0 Å². The molecule has 0 bridgehead atoms. The average Bonchev–Trinajstić information content (AvgIpc) is 2.16. The largest absolute Gasteiger partial charge is 0.298 e. The normalized spacial score (nSPS) is 11.3. The van der Waals surface area contributed by atoms with E-state index in [4.69, 9.17) is 0 Å². The highest BCUT2D eigenvalue weighted by molar-refractivity contribution is 14.1. The molecule has 0 amide bonds. The minimum Gasteiger partial charge on any atom is -0.298 e. The lowest BCUT2D eigenvalue weighted by Crippen LogP contribution is -2.17. The van der Waals surface area contributed by atoms with Gasteiger partial charge in [0.2, 0.25) is 0 Å². The molecule has 13 heavy (non-hydrogen) atoms. The van der Waals surface area contributed by atoms with Gasteiger partial charge in [-0.3, -0.25) is 4.90 Å². The van der Waals surface area contributed by atoms with Crippen molar-refractivity contribution in [3.63, 3.8) is 0 Å². The number of halogens is 1. The van der Waals surface area contributed by atoms with Crippen molar-refractivity contribution in [3.8, 4) is 0 Å². The van der Waals surface area contributed by atoms with Gasteiger partial charge in [-0.1, -0.05) is 59.0 Å². The Labute approximate surface area is 93.6 Å². The second-order valence-electron chi connectivity index (χ2n) is 3.04. The van der Waals surface area contributed by atoms with Gasteiger partial charge in [0.1, 0.15) is 0 Å². The zero-order valence-corrected chi connectivity index (χ0v) is 9.94. The van der Waals surface area contributed by atoms with Crippen LogP contribution in [0.4, 0.5) is 0 Å². The third kappa shape index (κ3) is 4.43. The molecular weight excluding hydrogens is 273 g/mol. The maximum atomic E-state index is 2.28. The second kappa shape index (κ2) is 6.16. The van der Waals surface area contributed by atoms with E-state index in [2.05, 4.69) is 69.0 Å². The van der Waals surface area contributed by atoms with Crippen LogP contribution in [0.1, 0.15) is 5.56 Å². The van der Waals surface area contributed by atoms with Gasteiger partial charge in [0.05, 0.1) is 0 Å². The van der Waals surface area contributed by atoms with E-state index in [-0.39, 0.29) is 0 Å². The Morgan fingerprint density at radius 3 is 2.62 bits per heavy atom. The van der Waals surface area contributed by atoms with Crippen LogP contribution in [-0.4, -0.2) is 18.5 Å². The van der Waals surface area contributed by atoms with Gasteiger partial charge in [-0.2, -0.15) is 0 Å². The first-order valence-corrected chi connectivity index (χ1v) is 5.55. The summed E-state index contributed by atoms with van der Waals surface area (Å²) in [7, 11) is 2.13. The summed E-state index contributed by atoms with van der Waals surface area (Å²) >= 11 is 2.24. The molecule has 0 spiro atoms. The highest BCUT2D eigenvalue weighted by atomic mass is 127. The van der Waals surface area contributed by atoms with Crippen molar-refractivity contribution in [2.24, 2.45) is 0 Å². The van der Waals surface area contributed by atoms with E-state index in [9.17, 15) is 0 Å². The lowest BCUT2D eigenvalue weighted by molar-refractivity contribution is 0.363. The van der Waals surface area contributed by atoms with E-state index in [1.807, 2.05) is 6.07 Å². The van der Waals surface area contributed by atoms with Crippen LogP contribution in [-0.2, 0) is 6.54 Å². The van der Waals surface area contributed by atoms with Crippen molar-refractivity contribution >= 4 is 22.6 Å². The molecule has 0 N–H and O–H groups in total. The van der Waals surface area contributed by atoms with Crippen molar-refractivity contribution in [3.05, 3.63) is 46.1 Å². The molecule has 0 aromatic heterocycles. The number of hydrogen-bond acceptors (Lipinski definition) is 1. The van der Waals surface area contributed by atoms with Crippen LogP contribution < -0.4 is 0 Å². The van der Waals surface area contributed by atoms with Gasteiger partial charge in [0, 0.05) is 13.1 Å². The first-order valence-electron chi connectivity index (χ1n) is 4.30. The van der Waals surface area contributed by atoms with Crippen LogP contribution in [0.5, 0.6) is 0 Å². The van der Waals surface area contributed by atoms with Crippen molar-refractivity contribution in [1.29, 1.82) is 0 Å². The molecular formula is C11H14IN. The lowest BCUT2D eigenvalue weighted by Gasteiger charge is -2.13. The Morgan fingerprint density at radius 1 is 1.31 bits per heavy atom. The van der Waals surface area contributed by atoms with E-state index in [0.717, 1.165) is 13.1 Å². The molecule has 0 fully saturated rings. The molecule has 1 aromatic rings. The number of nitrogens with zero attached hydrogens (tertiary/aromatic N) is 1. The molecule has 0 aliphatic rings. The van der Waals surface area contributed by atoms with E-state index < -0.39 is 0 Å². The van der Waals surface area contributed by atoms with Gasteiger partial charge in [-0.15, -0.1) is 0 Å².